The standard InChI is InChI=1S/C12H16ClN3O2/c1-18-9-4-2-8(3-5-9)15-11(17)10-6-7-14-12(13)16-10/h6-9H,2-5H2,1H3,(H,15,17). The van der Waals surface area contributed by atoms with Crippen molar-refractivity contribution < 1.29 is 9.53 Å². The Bertz CT molecular complexity index is 420. The van der Waals surface area contributed by atoms with Crippen molar-refractivity contribution >= 4 is 17.5 Å². The summed E-state index contributed by atoms with van der Waals surface area (Å²) in [7, 11) is 1.73. The van der Waals surface area contributed by atoms with Crippen LogP contribution in [0.25, 0.3) is 0 Å². The molecule has 0 aromatic carbocycles. The molecule has 0 radical (unpaired) electrons. The second kappa shape index (κ2) is 6.11. The average molecular weight is 270 g/mol. The fourth-order valence-electron chi connectivity index (χ4n) is 2.16. The van der Waals surface area contributed by atoms with E-state index in [1.165, 1.54) is 6.20 Å². The summed E-state index contributed by atoms with van der Waals surface area (Å²) >= 11 is 5.65. The third-order valence-electron chi connectivity index (χ3n) is 3.20. The number of halogens is 1. The predicted molar refractivity (Wildman–Crippen MR) is 67.6 cm³/mol. The minimum absolute atomic E-state index is 0.0886. The van der Waals surface area contributed by atoms with Crippen LogP contribution in [0.5, 0.6) is 0 Å². The van der Waals surface area contributed by atoms with Crippen molar-refractivity contribution in [1.29, 1.82) is 0 Å². The summed E-state index contributed by atoms with van der Waals surface area (Å²) in [5.74, 6) is -0.194. The van der Waals surface area contributed by atoms with Gasteiger partial charge in [-0.3, -0.25) is 4.79 Å². The van der Waals surface area contributed by atoms with E-state index in [-0.39, 0.29) is 17.2 Å². The second-order valence-corrected chi connectivity index (χ2v) is 4.73. The molecule has 1 fully saturated rings. The average Bonchev–Trinajstić information content (AvgIpc) is 2.39. The smallest absolute Gasteiger partial charge is 0.270 e. The first-order valence-electron chi connectivity index (χ1n) is 6.01. The normalized spacial score (nSPS) is 23.7. The van der Waals surface area contributed by atoms with Gasteiger partial charge in [0.2, 0.25) is 5.28 Å². The summed E-state index contributed by atoms with van der Waals surface area (Å²) in [6, 6.07) is 1.75. The van der Waals surface area contributed by atoms with Crippen molar-refractivity contribution in [2.45, 2.75) is 37.8 Å². The summed E-state index contributed by atoms with van der Waals surface area (Å²) in [6.45, 7) is 0. The van der Waals surface area contributed by atoms with E-state index in [0.29, 0.717) is 11.8 Å². The van der Waals surface area contributed by atoms with Gasteiger partial charge >= 0.3 is 0 Å². The zero-order valence-electron chi connectivity index (χ0n) is 10.2. The van der Waals surface area contributed by atoms with Crippen molar-refractivity contribution in [3.63, 3.8) is 0 Å². The number of aromatic nitrogens is 2. The van der Waals surface area contributed by atoms with Crippen LogP contribution in [0.3, 0.4) is 0 Å². The minimum Gasteiger partial charge on any atom is -0.381 e. The lowest BCUT2D eigenvalue weighted by atomic mass is 9.93. The van der Waals surface area contributed by atoms with Crippen LogP contribution in [0.4, 0.5) is 0 Å². The maximum atomic E-state index is 11.9. The van der Waals surface area contributed by atoms with Gasteiger partial charge in [-0.2, -0.15) is 0 Å². The number of nitrogens with one attached hydrogen (secondary N) is 1. The Kier molecular flexibility index (Phi) is 4.49. The third kappa shape index (κ3) is 3.40. The fourth-order valence-corrected chi connectivity index (χ4v) is 2.31. The molecule has 98 valence electrons. The van der Waals surface area contributed by atoms with E-state index in [0.717, 1.165) is 25.7 Å². The number of methoxy groups -OCH3 is 1. The number of hydrogen-bond donors (Lipinski definition) is 1. The summed E-state index contributed by atoms with van der Waals surface area (Å²) in [5.41, 5.74) is 0.309. The highest BCUT2D eigenvalue weighted by Gasteiger charge is 2.22. The number of amides is 1. The molecule has 0 spiro atoms. The summed E-state index contributed by atoms with van der Waals surface area (Å²) in [5, 5.41) is 3.05. The molecule has 0 unspecified atom stereocenters. The molecule has 5 nitrogen and oxygen atoms in total. The number of carbonyl (C=O) groups is 1. The largest absolute Gasteiger partial charge is 0.381 e. The SMILES string of the molecule is COC1CCC(NC(=O)c2ccnc(Cl)n2)CC1. The molecule has 0 saturated heterocycles. The topological polar surface area (TPSA) is 64.1 Å². The van der Waals surface area contributed by atoms with Crippen molar-refractivity contribution in [2.24, 2.45) is 0 Å². The molecule has 0 atom stereocenters. The molecule has 1 aromatic rings. The molecule has 1 aliphatic rings. The van der Waals surface area contributed by atoms with Crippen LogP contribution in [0.1, 0.15) is 36.2 Å². The third-order valence-corrected chi connectivity index (χ3v) is 3.38. The molecule has 1 aliphatic carbocycles. The van der Waals surface area contributed by atoms with E-state index in [9.17, 15) is 4.79 Å². The maximum absolute atomic E-state index is 11.9. The highest BCUT2D eigenvalue weighted by molar-refractivity contribution is 6.28. The van der Waals surface area contributed by atoms with E-state index in [2.05, 4.69) is 15.3 Å². The molecule has 1 N–H and O–H groups in total. The fraction of sp³-hybridized carbons (Fsp3) is 0.583. The maximum Gasteiger partial charge on any atom is 0.270 e. The molecule has 2 rings (SSSR count). The van der Waals surface area contributed by atoms with Crippen LogP contribution in [-0.2, 0) is 4.74 Å². The molecule has 18 heavy (non-hydrogen) atoms. The summed E-state index contributed by atoms with van der Waals surface area (Å²) in [4.78, 5) is 19.6. The van der Waals surface area contributed by atoms with Crippen molar-refractivity contribution in [1.82, 2.24) is 15.3 Å². The van der Waals surface area contributed by atoms with E-state index < -0.39 is 0 Å². The van der Waals surface area contributed by atoms with Gasteiger partial charge in [-0.15, -0.1) is 0 Å². The van der Waals surface area contributed by atoms with Crippen LogP contribution < -0.4 is 5.32 Å². The van der Waals surface area contributed by atoms with Gasteiger partial charge in [-0.05, 0) is 43.4 Å². The minimum atomic E-state index is -0.194. The molecule has 6 heteroatoms. The van der Waals surface area contributed by atoms with Gasteiger partial charge in [-0.1, -0.05) is 0 Å². The number of hydrogen-bond acceptors (Lipinski definition) is 4. The molecule has 1 aromatic heterocycles. The Morgan fingerprint density at radius 2 is 2.17 bits per heavy atom. The summed E-state index contributed by atoms with van der Waals surface area (Å²) < 4.78 is 5.29. The Hall–Kier alpha value is -1.20. The van der Waals surface area contributed by atoms with Crippen LogP contribution in [-0.4, -0.2) is 35.1 Å². The second-order valence-electron chi connectivity index (χ2n) is 4.39. The van der Waals surface area contributed by atoms with Crippen LogP contribution in [0.2, 0.25) is 5.28 Å². The molecule has 1 heterocycles. The number of rotatable bonds is 3. The van der Waals surface area contributed by atoms with Gasteiger partial charge in [0.1, 0.15) is 5.69 Å². The summed E-state index contributed by atoms with van der Waals surface area (Å²) in [6.07, 6.45) is 5.63. The van der Waals surface area contributed by atoms with Crippen molar-refractivity contribution in [3.05, 3.63) is 23.2 Å². The van der Waals surface area contributed by atoms with Gasteiger partial charge in [0, 0.05) is 19.3 Å². The molecular weight excluding hydrogens is 254 g/mol. The molecular formula is C12H16ClN3O2. The zero-order chi connectivity index (χ0) is 13.0. The van der Waals surface area contributed by atoms with Gasteiger partial charge in [0.05, 0.1) is 6.10 Å². The first-order chi connectivity index (χ1) is 8.69. The lowest BCUT2D eigenvalue weighted by molar-refractivity contribution is 0.0598. The zero-order valence-corrected chi connectivity index (χ0v) is 11.0. The van der Waals surface area contributed by atoms with Crippen molar-refractivity contribution in [2.75, 3.05) is 7.11 Å². The Morgan fingerprint density at radius 1 is 1.44 bits per heavy atom. The Morgan fingerprint density at radius 3 is 2.78 bits per heavy atom. The molecule has 1 saturated carbocycles. The molecule has 1 amide bonds. The lowest BCUT2D eigenvalue weighted by Gasteiger charge is -2.28. The van der Waals surface area contributed by atoms with Crippen LogP contribution in [0.15, 0.2) is 12.3 Å². The quantitative estimate of drug-likeness (QED) is 0.850. The van der Waals surface area contributed by atoms with E-state index in [1.807, 2.05) is 0 Å². The lowest BCUT2D eigenvalue weighted by Crippen LogP contribution is -2.39. The van der Waals surface area contributed by atoms with Crippen LogP contribution in [0, 0.1) is 0 Å². The number of nitrogens with zero attached hydrogens (tertiary/aromatic N) is 2. The van der Waals surface area contributed by atoms with Gasteiger partial charge in [-0.25, -0.2) is 9.97 Å². The van der Waals surface area contributed by atoms with Gasteiger partial charge in [0.15, 0.2) is 0 Å². The first kappa shape index (κ1) is 13.2. The molecule has 0 bridgehead atoms. The van der Waals surface area contributed by atoms with E-state index in [1.54, 1.807) is 13.2 Å². The molecule has 0 aliphatic heterocycles. The number of carbonyl (C=O) groups excluding carboxylic acids is 1. The van der Waals surface area contributed by atoms with Gasteiger partial charge in [0.25, 0.3) is 5.91 Å². The Balaban J connectivity index is 1.89. The van der Waals surface area contributed by atoms with Gasteiger partial charge < -0.3 is 10.1 Å². The Labute approximate surface area is 111 Å². The monoisotopic (exact) mass is 269 g/mol. The van der Waals surface area contributed by atoms with E-state index in [4.69, 9.17) is 16.3 Å². The predicted octanol–water partition coefficient (Wildman–Crippen LogP) is 1.82. The number of ether oxygens (including phenoxy) is 1. The highest BCUT2D eigenvalue weighted by Crippen LogP contribution is 2.20. The van der Waals surface area contributed by atoms with Crippen molar-refractivity contribution in [3.8, 4) is 0 Å². The van der Waals surface area contributed by atoms with Crippen LogP contribution >= 0.6 is 11.6 Å². The highest BCUT2D eigenvalue weighted by atomic mass is 35.5. The van der Waals surface area contributed by atoms with E-state index >= 15 is 0 Å². The first-order valence-corrected chi connectivity index (χ1v) is 6.39.